The molecule has 0 aliphatic rings. The van der Waals surface area contributed by atoms with Crippen molar-refractivity contribution in [2.24, 2.45) is 5.92 Å². The molecule has 0 radical (unpaired) electrons. The van der Waals surface area contributed by atoms with Gasteiger partial charge in [0.2, 0.25) is 0 Å². The third-order valence-electron chi connectivity index (χ3n) is 2.55. The van der Waals surface area contributed by atoms with Crippen LogP contribution in [0.3, 0.4) is 0 Å². The van der Waals surface area contributed by atoms with Gasteiger partial charge in [0, 0.05) is 5.56 Å². The highest BCUT2D eigenvalue weighted by molar-refractivity contribution is 9.10. The number of benzene rings is 1. The second-order valence-electron chi connectivity index (χ2n) is 4.21. The van der Waals surface area contributed by atoms with Gasteiger partial charge >= 0.3 is 0 Å². The summed E-state index contributed by atoms with van der Waals surface area (Å²) in [5.74, 6) is 3.26. The smallest absolute Gasteiger partial charge is 0.252 e. The predicted molar refractivity (Wildman–Crippen MR) is 75.6 cm³/mol. The van der Waals surface area contributed by atoms with Crippen LogP contribution in [0.5, 0.6) is 5.75 Å². The summed E-state index contributed by atoms with van der Waals surface area (Å²) in [7, 11) is 1.58. The van der Waals surface area contributed by atoms with E-state index in [0.717, 1.165) is 4.47 Å². The van der Waals surface area contributed by atoms with Crippen molar-refractivity contribution in [1.82, 2.24) is 5.32 Å². The van der Waals surface area contributed by atoms with Crippen LogP contribution < -0.4 is 10.1 Å². The fourth-order valence-corrected chi connectivity index (χ4v) is 1.97. The Bertz CT molecular complexity index is 477. The van der Waals surface area contributed by atoms with Gasteiger partial charge in [0.1, 0.15) is 5.75 Å². The van der Waals surface area contributed by atoms with Gasteiger partial charge in [0.15, 0.2) is 0 Å². The molecule has 0 bridgehead atoms. The van der Waals surface area contributed by atoms with Gasteiger partial charge in [-0.15, -0.1) is 6.42 Å². The zero-order valence-corrected chi connectivity index (χ0v) is 12.2. The van der Waals surface area contributed by atoms with Crippen molar-refractivity contribution in [3.8, 4) is 18.1 Å². The first-order chi connectivity index (χ1) is 8.49. The van der Waals surface area contributed by atoms with E-state index in [4.69, 9.17) is 11.2 Å². The minimum absolute atomic E-state index is 0.185. The third-order valence-corrected chi connectivity index (χ3v) is 3.17. The summed E-state index contributed by atoms with van der Waals surface area (Å²) >= 11 is 3.34. The van der Waals surface area contributed by atoms with Gasteiger partial charge in [0.05, 0.1) is 17.6 Å². The largest absolute Gasteiger partial charge is 0.496 e. The van der Waals surface area contributed by atoms with Crippen LogP contribution in [0.2, 0.25) is 0 Å². The van der Waals surface area contributed by atoms with Crippen molar-refractivity contribution in [2.75, 3.05) is 7.11 Å². The van der Waals surface area contributed by atoms with E-state index in [2.05, 4.69) is 27.2 Å². The minimum atomic E-state index is -0.265. The number of rotatable bonds is 4. The van der Waals surface area contributed by atoms with E-state index in [1.54, 1.807) is 25.3 Å². The lowest BCUT2D eigenvalue weighted by atomic mass is 10.0. The van der Waals surface area contributed by atoms with Crippen LogP contribution in [-0.4, -0.2) is 19.1 Å². The molecule has 0 fully saturated rings. The second-order valence-corrected chi connectivity index (χ2v) is 5.07. The topological polar surface area (TPSA) is 38.3 Å². The summed E-state index contributed by atoms with van der Waals surface area (Å²) < 4.78 is 5.84. The first kappa shape index (κ1) is 14.6. The van der Waals surface area contributed by atoms with Crippen LogP contribution in [0.1, 0.15) is 24.2 Å². The maximum absolute atomic E-state index is 12.0. The lowest BCUT2D eigenvalue weighted by Crippen LogP contribution is -2.37. The molecule has 0 aliphatic carbocycles. The number of hydrogen-bond acceptors (Lipinski definition) is 2. The van der Waals surface area contributed by atoms with Gasteiger partial charge in [-0.05, 0) is 40.0 Å². The van der Waals surface area contributed by atoms with Crippen LogP contribution in [0.15, 0.2) is 22.7 Å². The van der Waals surface area contributed by atoms with Crippen LogP contribution in [0.25, 0.3) is 0 Å². The lowest BCUT2D eigenvalue weighted by Gasteiger charge is -2.16. The summed E-state index contributed by atoms with van der Waals surface area (Å²) in [6, 6.07) is 4.88. The molecule has 1 atom stereocenters. The Morgan fingerprint density at radius 2 is 2.17 bits per heavy atom. The molecule has 0 aromatic heterocycles. The summed E-state index contributed by atoms with van der Waals surface area (Å²) in [6.07, 6.45) is 5.38. The van der Waals surface area contributed by atoms with E-state index in [9.17, 15) is 4.79 Å². The molecule has 18 heavy (non-hydrogen) atoms. The van der Waals surface area contributed by atoms with Crippen molar-refractivity contribution in [3.63, 3.8) is 0 Å². The van der Waals surface area contributed by atoms with Gasteiger partial charge in [-0.25, -0.2) is 0 Å². The molecule has 0 aliphatic heterocycles. The molecule has 1 N–H and O–H groups in total. The van der Waals surface area contributed by atoms with Crippen molar-refractivity contribution in [2.45, 2.75) is 19.9 Å². The Morgan fingerprint density at radius 3 is 2.61 bits per heavy atom. The SMILES string of the molecule is C#CC(NC(=O)c1ccc(OC)c(Br)c1)C(C)C. The maximum atomic E-state index is 12.0. The second kappa shape index (κ2) is 6.46. The van der Waals surface area contributed by atoms with Gasteiger partial charge in [0.25, 0.3) is 5.91 Å². The Hall–Kier alpha value is -1.47. The molecule has 1 amide bonds. The minimum Gasteiger partial charge on any atom is -0.496 e. The highest BCUT2D eigenvalue weighted by Crippen LogP contribution is 2.25. The van der Waals surface area contributed by atoms with Crippen LogP contribution in [0, 0.1) is 18.3 Å². The highest BCUT2D eigenvalue weighted by atomic mass is 79.9. The number of halogens is 1. The summed E-state index contributed by atoms with van der Waals surface area (Å²) in [5.41, 5.74) is 0.545. The van der Waals surface area contributed by atoms with Crippen LogP contribution >= 0.6 is 15.9 Å². The number of amides is 1. The fraction of sp³-hybridized carbons (Fsp3) is 0.357. The van der Waals surface area contributed by atoms with Crippen molar-refractivity contribution >= 4 is 21.8 Å². The number of ether oxygens (including phenoxy) is 1. The molecule has 1 aromatic carbocycles. The molecule has 0 saturated heterocycles. The fourth-order valence-electron chi connectivity index (χ4n) is 1.43. The molecule has 3 nitrogen and oxygen atoms in total. The molecule has 0 spiro atoms. The highest BCUT2D eigenvalue weighted by Gasteiger charge is 2.15. The van der Waals surface area contributed by atoms with Crippen molar-refractivity contribution in [3.05, 3.63) is 28.2 Å². The number of terminal acetylenes is 1. The van der Waals surface area contributed by atoms with E-state index in [0.29, 0.717) is 11.3 Å². The molecular weight excluding hydrogens is 294 g/mol. The summed E-state index contributed by atoms with van der Waals surface area (Å²) in [4.78, 5) is 12.0. The molecule has 0 saturated carbocycles. The normalized spacial score (nSPS) is 11.8. The van der Waals surface area contributed by atoms with Crippen molar-refractivity contribution < 1.29 is 9.53 Å². The number of carbonyl (C=O) groups is 1. The average Bonchev–Trinajstić information content (AvgIpc) is 2.35. The Labute approximate surface area is 116 Å². The van der Waals surface area contributed by atoms with Crippen molar-refractivity contribution in [1.29, 1.82) is 0 Å². The van der Waals surface area contributed by atoms with Gasteiger partial charge in [-0.1, -0.05) is 19.8 Å². The molecule has 1 rings (SSSR count). The van der Waals surface area contributed by atoms with Gasteiger partial charge < -0.3 is 10.1 Å². The maximum Gasteiger partial charge on any atom is 0.252 e. The number of carbonyl (C=O) groups excluding carboxylic acids is 1. The quantitative estimate of drug-likeness (QED) is 0.869. The number of hydrogen-bond donors (Lipinski definition) is 1. The third kappa shape index (κ3) is 3.51. The average molecular weight is 310 g/mol. The molecule has 4 heteroatoms. The van der Waals surface area contributed by atoms with Gasteiger partial charge in [-0.3, -0.25) is 4.79 Å². The van der Waals surface area contributed by atoms with Crippen LogP contribution in [0.4, 0.5) is 0 Å². The zero-order valence-electron chi connectivity index (χ0n) is 10.7. The standard InChI is InChI=1S/C14H16BrNO2/c1-5-12(9(2)3)16-14(17)10-6-7-13(18-4)11(15)8-10/h1,6-9,12H,2-4H3,(H,16,17). The summed E-state index contributed by atoms with van der Waals surface area (Å²) in [6.45, 7) is 3.93. The number of nitrogens with one attached hydrogen (secondary N) is 1. The zero-order chi connectivity index (χ0) is 13.7. The summed E-state index contributed by atoms with van der Waals surface area (Å²) in [5, 5.41) is 2.81. The number of methoxy groups -OCH3 is 1. The molecule has 96 valence electrons. The van der Waals surface area contributed by atoms with E-state index in [1.807, 2.05) is 13.8 Å². The molecular formula is C14H16BrNO2. The molecule has 1 aromatic rings. The lowest BCUT2D eigenvalue weighted by molar-refractivity contribution is 0.0938. The predicted octanol–water partition coefficient (Wildman–Crippen LogP) is 2.85. The van der Waals surface area contributed by atoms with E-state index in [1.165, 1.54) is 0 Å². The Kier molecular flexibility index (Phi) is 5.24. The first-order valence-electron chi connectivity index (χ1n) is 5.60. The Morgan fingerprint density at radius 1 is 1.50 bits per heavy atom. The molecule has 1 unspecified atom stereocenters. The monoisotopic (exact) mass is 309 g/mol. The van der Waals surface area contributed by atoms with E-state index >= 15 is 0 Å². The van der Waals surface area contributed by atoms with E-state index in [-0.39, 0.29) is 17.9 Å². The first-order valence-corrected chi connectivity index (χ1v) is 6.39. The van der Waals surface area contributed by atoms with Crippen LogP contribution in [-0.2, 0) is 0 Å². The molecule has 0 heterocycles. The Balaban J connectivity index is 2.85. The van der Waals surface area contributed by atoms with Gasteiger partial charge in [-0.2, -0.15) is 0 Å². The van der Waals surface area contributed by atoms with E-state index < -0.39 is 0 Å².